The molecule has 2 aromatic rings. The van der Waals surface area contributed by atoms with Gasteiger partial charge in [-0.1, -0.05) is 12.1 Å². The van der Waals surface area contributed by atoms with E-state index in [1.165, 1.54) is 12.1 Å². The summed E-state index contributed by atoms with van der Waals surface area (Å²) >= 11 is 0. The molecule has 0 saturated heterocycles. The summed E-state index contributed by atoms with van der Waals surface area (Å²) in [5.74, 6) is 0.0934. The lowest BCUT2D eigenvalue weighted by molar-refractivity contribution is 0.573. The van der Waals surface area contributed by atoms with Gasteiger partial charge in [-0.3, -0.25) is 0 Å². The molecule has 0 spiro atoms. The monoisotopic (exact) mass is 324 g/mol. The maximum absolute atomic E-state index is 13.2. The molecule has 1 fully saturated rings. The first kappa shape index (κ1) is 15.1. The van der Waals surface area contributed by atoms with Crippen LogP contribution in [0.2, 0.25) is 0 Å². The van der Waals surface area contributed by atoms with Gasteiger partial charge in [0, 0.05) is 12.5 Å². The SMILES string of the molecule is CCn1cnnc1CNS(=O)(=O)[C@@H]1C[C@@H]1c1cccc(F)c1. The Balaban J connectivity index is 1.65. The third-order valence-electron chi connectivity index (χ3n) is 3.88. The van der Waals surface area contributed by atoms with Crippen molar-refractivity contribution < 1.29 is 12.8 Å². The smallest absolute Gasteiger partial charge is 0.215 e. The molecule has 118 valence electrons. The van der Waals surface area contributed by atoms with Crippen LogP contribution in [0.4, 0.5) is 4.39 Å². The third-order valence-corrected chi connectivity index (χ3v) is 5.74. The van der Waals surface area contributed by atoms with E-state index in [2.05, 4.69) is 14.9 Å². The molecule has 0 aliphatic heterocycles. The predicted molar refractivity (Wildman–Crippen MR) is 79.0 cm³/mol. The Bertz CT molecular complexity index is 775. The van der Waals surface area contributed by atoms with Crippen LogP contribution in [-0.4, -0.2) is 28.4 Å². The van der Waals surface area contributed by atoms with Gasteiger partial charge in [0.1, 0.15) is 18.0 Å². The van der Waals surface area contributed by atoms with Crippen molar-refractivity contribution in [3.05, 3.63) is 47.8 Å². The zero-order chi connectivity index (χ0) is 15.7. The number of benzene rings is 1. The summed E-state index contributed by atoms with van der Waals surface area (Å²) in [6.07, 6.45) is 2.08. The van der Waals surface area contributed by atoms with E-state index in [9.17, 15) is 12.8 Å². The maximum atomic E-state index is 13.2. The molecule has 1 heterocycles. The van der Waals surface area contributed by atoms with Crippen LogP contribution in [-0.2, 0) is 23.1 Å². The molecule has 0 unspecified atom stereocenters. The average Bonchev–Trinajstić information content (AvgIpc) is 3.18. The van der Waals surface area contributed by atoms with Crippen molar-refractivity contribution >= 4 is 10.0 Å². The van der Waals surface area contributed by atoms with E-state index in [1.54, 1.807) is 23.0 Å². The molecule has 22 heavy (non-hydrogen) atoms. The molecule has 0 radical (unpaired) electrons. The first-order chi connectivity index (χ1) is 10.5. The minimum absolute atomic E-state index is 0.114. The van der Waals surface area contributed by atoms with E-state index < -0.39 is 15.3 Å². The quantitative estimate of drug-likeness (QED) is 0.871. The Morgan fingerprint density at radius 1 is 1.45 bits per heavy atom. The van der Waals surface area contributed by atoms with Gasteiger partial charge in [-0.15, -0.1) is 10.2 Å². The minimum Gasteiger partial charge on any atom is -0.317 e. The largest absolute Gasteiger partial charge is 0.317 e. The van der Waals surface area contributed by atoms with Crippen molar-refractivity contribution in [3.63, 3.8) is 0 Å². The van der Waals surface area contributed by atoms with Gasteiger partial charge in [-0.25, -0.2) is 17.5 Å². The maximum Gasteiger partial charge on any atom is 0.215 e. The number of nitrogens with zero attached hydrogens (tertiary/aromatic N) is 3. The van der Waals surface area contributed by atoms with Gasteiger partial charge in [-0.2, -0.15) is 0 Å². The summed E-state index contributed by atoms with van der Waals surface area (Å²) in [6, 6.07) is 6.11. The second kappa shape index (κ2) is 5.77. The highest BCUT2D eigenvalue weighted by Gasteiger charge is 2.48. The molecule has 8 heteroatoms. The molecular weight excluding hydrogens is 307 g/mol. The first-order valence-electron chi connectivity index (χ1n) is 7.12. The summed E-state index contributed by atoms with van der Waals surface area (Å²) in [6.45, 7) is 2.73. The first-order valence-corrected chi connectivity index (χ1v) is 8.66. The Morgan fingerprint density at radius 3 is 3.00 bits per heavy atom. The highest BCUT2D eigenvalue weighted by Crippen LogP contribution is 2.45. The second-order valence-corrected chi connectivity index (χ2v) is 7.32. The van der Waals surface area contributed by atoms with Crippen molar-refractivity contribution in [1.29, 1.82) is 0 Å². The highest BCUT2D eigenvalue weighted by atomic mass is 32.2. The van der Waals surface area contributed by atoms with Crippen LogP contribution in [0.15, 0.2) is 30.6 Å². The van der Waals surface area contributed by atoms with Crippen LogP contribution >= 0.6 is 0 Å². The molecule has 0 bridgehead atoms. The van der Waals surface area contributed by atoms with Crippen LogP contribution in [0, 0.1) is 5.82 Å². The summed E-state index contributed by atoms with van der Waals surface area (Å²) in [5.41, 5.74) is 0.729. The lowest BCUT2D eigenvalue weighted by Gasteiger charge is -2.07. The van der Waals surface area contributed by atoms with Gasteiger partial charge < -0.3 is 4.57 Å². The fraction of sp³-hybridized carbons (Fsp3) is 0.429. The summed E-state index contributed by atoms with van der Waals surface area (Å²) in [5, 5.41) is 7.15. The number of hydrogen-bond acceptors (Lipinski definition) is 4. The van der Waals surface area contributed by atoms with Crippen LogP contribution in [0.25, 0.3) is 0 Å². The lowest BCUT2D eigenvalue weighted by atomic mass is 10.1. The molecule has 1 saturated carbocycles. The molecular formula is C14H17FN4O2S. The molecule has 1 aromatic heterocycles. The summed E-state index contributed by atoms with van der Waals surface area (Å²) in [7, 11) is -3.45. The van der Waals surface area contributed by atoms with Gasteiger partial charge in [0.25, 0.3) is 0 Å². The van der Waals surface area contributed by atoms with Crippen LogP contribution in [0.3, 0.4) is 0 Å². The van der Waals surface area contributed by atoms with E-state index >= 15 is 0 Å². The lowest BCUT2D eigenvalue weighted by Crippen LogP contribution is -2.28. The van der Waals surface area contributed by atoms with Gasteiger partial charge >= 0.3 is 0 Å². The topological polar surface area (TPSA) is 76.9 Å². The number of hydrogen-bond donors (Lipinski definition) is 1. The van der Waals surface area contributed by atoms with Crippen molar-refractivity contribution in [2.45, 2.75) is 37.6 Å². The highest BCUT2D eigenvalue weighted by molar-refractivity contribution is 7.90. The van der Waals surface area contributed by atoms with Crippen LogP contribution in [0.5, 0.6) is 0 Å². The number of sulfonamides is 1. The van der Waals surface area contributed by atoms with E-state index in [-0.39, 0.29) is 18.3 Å². The number of aryl methyl sites for hydroxylation is 1. The molecule has 2 atom stereocenters. The molecule has 1 aromatic carbocycles. The number of rotatable bonds is 6. The fourth-order valence-electron chi connectivity index (χ4n) is 2.55. The molecule has 1 aliphatic rings. The number of aromatic nitrogens is 3. The number of nitrogens with one attached hydrogen (secondary N) is 1. The Hall–Kier alpha value is -1.80. The van der Waals surface area contributed by atoms with E-state index in [0.29, 0.717) is 18.8 Å². The second-order valence-electron chi connectivity index (χ2n) is 5.33. The van der Waals surface area contributed by atoms with Crippen LogP contribution < -0.4 is 4.72 Å². The van der Waals surface area contributed by atoms with E-state index in [0.717, 1.165) is 5.56 Å². The average molecular weight is 324 g/mol. The molecule has 3 rings (SSSR count). The van der Waals surface area contributed by atoms with Crippen molar-refractivity contribution in [1.82, 2.24) is 19.5 Å². The van der Waals surface area contributed by atoms with Crippen molar-refractivity contribution in [2.24, 2.45) is 0 Å². The number of halogens is 1. The fourth-order valence-corrected chi connectivity index (χ4v) is 4.15. The van der Waals surface area contributed by atoms with Crippen LogP contribution in [0.1, 0.15) is 30.7 Å². The zero-order valence-electron chi connectivity index (χ0n) is 12.1. The standard InChI is InChI=1S/C14H17FN4O2S/c1-2-19-9-16-18-14(19)8-17-22(20,21)13-7-12(13)10-4-3-5-11(15)6-10/h3-6,9,12-13,17H,2,7-8H2,1H3/t12-,13-/m1/s1. The molecule has 6 nitrogen and oxygen atoms in total. The molecule has 1 aliphatic carbocycles. The zero-order valence-corrected chi connectivity index (χ0v) is 12.9. The van der Waals surface area contributed by atoms with Gasteiger partial charge in [0.05, 0.1) is 11.8 Å². The Morgan fingerprint density at radius 2 is 2.27 bits per heavy atom. The Kier molecular flexibility index (Phi) is 3.96. The van der Waals surface area contributed by atoms with Gasteiger partial charge in [0.2, 0.25) is 10.0 Å². The molecule has 1 N–H and O–H groups in total. The summed E-state index contributed by atoms with van der Waals surface area (Å²) in [4.78, 5) is 0. The normalized spacial score (nSPS) is 21.0. The van der Waals surface area contributed by atoms with Gasteiger partial charge in [-0.05, 0) is 31.0 Å². The van der Waals surface area contributed by atoms with Gasteiger partial charge in [0.15, 0.2) is 0 Å². The Labute approximate surface area is 128 Å². The van der Waals surface area contributed by atoms with E-state index in [1.807, 2.05) is 6.92 Å². The summed E-state index contributed by atoms with van der Waals surface area (Å²) < 4.78 is 42.1. The van der Waals surface area contributed by atoms with E-state index in [4.69, 9.17) is 0 Å². The van der Waals surface area contributed by atoms with Crippen molar-refractivity contribution in [2.75, 3.05) is 0 Å². The third kappa shape index (κ3) is 3.02. The minimum atomic E-state index is -3.45. The predicted octanol–water partition coefficient (Wildman–Crippen LogP) is 1.41. The molecule has 0 amide bonds. The van der Waals surface area contributed by atoms with Crippen molar-refractivity contribution in [3.8, 4) is 0 Å².